The maximum absolute atomic E-state index is 14.3. The van der Waals surface area contributed by atoms with Crippen molar-refractivity contribution in [2.24, 2.45) is 0 Å². The molecule has 0 spiro atoms. The number of hydrogen-bond acceptors (Lipinski definition) is 6. The molecule has 7 nitrogen and oxygen atoms in total. The Morgan fingerprint density at radius 2 is 1.74 bits per heavy atom. The van der Waals surface area contributed by atoms with Crippen LogP contribution in [0.1, 0.15) is 15.9 Å². The molecule has 1 amide bonds. The van der Waals surface area contributed by atoms with E-state index in [1.807, 2.05) is 0 Å². The molecule has 0 aliphatic carbocycles. The number of amides is 1. The van der Waals surface area contributed by atoms with Crippen molar-refractivity contribution in [2.45, 2.75) is 11.0 Å². The molecule has 0 bridgehead atoms. The van der Waals surface area contributed by atoms with Gasteiger partial charge in [-0.3, -0.25) is 4.79 Å². The summed E-state index contributed by atoms with van der Waals surface area (Å²) in [6, 6.07) is 6.71. The molecule has 0 N–H and O–H groups in total. The summed E-state index contributed by atoms with van der Waals surface area (Å²) in [5.41, 5.74) is -0.660. The van der Waals surface area contributed by atoms with Crippen LogP contribution >= 0.6 is 0 Å². The molecule has 1 fully saturated rings. The van der Waals surface area contributed by atoms with Crippen molar-refractivity contribution in [3.8, 4) is 11.8 Å². The highest BCUT2D eigenvalue weighted by molar-refractivity contribution is 7.90. The normalized spacial score (nSPS) is 14.3. The van der Waals surface area contributed by atoms with Crippen LogP contribution in [0.2, 0.25) is 0 Å². The van der Waals surface area contributed by atoms with Crippen molar-refractivity contribution in [1.82, 2.24) is 4.90 Å². The van der Waals surface area contributed by atoms with E-state index in [2.05, 4.69) is 0 Å². The lowest BCUT2D eigenvalue weighted by Gasteiger charge is -2.36. The number of anilines is 1. The number of sulfone groups is 1. The number of alkyl halides is 2. The van der Waals surface area contributed by atoms with Crippen molar-refractivity contribution in [3.63, 3.8) is 0 Å². The summed E-state index contributed by atoms with van der Waals surface area (Å²) in [6.07, 6.45) is -0.505. The fourth-order valence-electron chi connectivity index (χ4n) is 3.48. The third kappa shape index (κ3) is 5.41. The van der Waals surface area contributed by atoms with Crippen LogP contribution < -0.4 is 9.64 Å². The highest BCUT2D eigenvalue weighted by Crippen LogP contribution is 2.28. The number of rotatable bonds is 7. The third-order valence-electron chi connectivity index (χ3n) is 5.31. The van der Waals surface area contributed by atoms with Crippen LogP contribution in [-0.4, -0.2) is 71.1 Å². The largest absolute Gasteiger partial charge is 0.484 e. The van der Waals surface area contributed by atoms with Crippen molar-refractivity contribution >= 4 is 21.4 Å². The molecule has 0 atom stereocenters. The summed E-state index contributed by atoms with van der Waals surface area (Å²) in [5.74, 6) is -2.45. The lowest BCUT2D eigenvalue weighted by Crippen LogP contribution is -2.49. The van der Waals surface area contributed by atoms with E-state index in [0.717, 1.165) is 24.5 Å². The summed E-state index contributed by atoms with van der Waals surface area (Å²) in [5, 5.41) is 8.82. The molecule has 0 aromatic heterocycles. The number of nitriles is 1. The zero-order chi connectivity index (χ0) is 25.0. The number of ether oxygens (including phenoxy) is 1. The quantitative estimate of drug-likeness (QED) is 0.545. The zero-order valence-electron chi connectivity index (χ0n) is 18.1. The smallest absolute Gasteiger partial charge is 0.257 e. The molecule has 34 heavy (non-hydrogen) atoms. The Morgan fingerprint density at radius 3 is 2.29 bits per heavy atom. The molecule has 0 radical (unpaired) electrons. The molecular formula is C22H21F4N3O4S. The number of carbonyl (C=O) groups is 1. The van der Waals surface area contributed by atoms with Gasteiger partial charge in [-0.15, -0.1) is 0 Å². The Hall–Kier alpha value is -3.33. The second-order valence-corrected chi connectivity index (χ2v) is 9.67. The molecular weight excluding hydrogens is 478 g/mol. The Bertz CT molecular complexity index is 1220. The van der Waals surface area contributed by atoms with E-state index in [0.29, 0.717) is 0 Å². The van der Waals surface area contributed by atoms with Gasteiger partial charge in [0.2, 0.25) is 0 Å². The number of piperazine rings is 1. The van der Waals surface area contributed by atoms with Gasteiger partial charge in [-0.25, -0.2) is 26.0 Å². The maximum Gasteiger partial charge on any atom is 0.257 e. The minimum absolute atomic E-state index is 0.0552. The lowest BCUT2D eigenvalue weighted by atomic mass is 10.1. The van der Waals surface area contributed by atoms with Gasteiger partial charge in [-0.2, -0.15) is 5.26 Å². The second kappa shape index (κ2) is 10.3. The summed E-state index contributed by atoms with van der Waals surface area (Å²) in [6.45, 7) is -1.93. The monoisotopic (exact) mass is 499 g/mol. The van der Waals surface area contributed by atoms with E-state index in [9.17, 15) is 30.8 Å². The molecule has 1 heterocycles. The average Bonchev–Trinajstić information content (AvgIpc) is 2.82. The topological polar surface area (TPSA) is 90.7 Å². The number of nitrogens with zero attached hydrogens (tertiary/aromatic N) is 3. The van der Waals surface area contributed by atoms with Crippen LogP contribution in [0.25, 0.3) is 0 Å². The van der Waals surface area contributed by atoms with Gasteiger partial charge in [-0.1, -0.05) is 0 Å². The Kier molecular flexibility index (Phi) is 7.66. The summed E-state index contributed by atoms with van der Waals surface area (Å²) >= 11 is 0. The number of hydrogen-bond donors (Lipinski definition) is 0. The van der Waals surface area contributed by atoms with E-state index in [-0.39, 0.29) is 48.1 Å². The van der Waals surface area contributed by atoms with E-state index in [1.165, 1.54) is 21.9 Å². The van der Waals surface area contributed by atoms with Gasteiger partial charge in [0.25, 0.3) is 5.91 Å². The lowest BCUT2D eigenvalue weighted by molar-refractivity contribution is 0.0732. The van der Waals surface area contributed by atoms with Crippen LogP contribution in [0.4, 0.5) is 23.2 Å². The average molecular weight is 499 g/mol. The minimum atomic E-state index is -3.69. The molecule has 0 saturated carbocycles. The van der Waals surface area contributed by atoms with Gasteiger partial charge in [0.05, 0.1) is 21.7 Å². The summed E-state index contributed by atoms with van der Waals surface area (Å²) in [4.78, 5) is 15.9. The van der Waals surface area contributed by atoms with Gasteiger partial charge >= 0.3 is 0 Å². The summed E-state index contributed by atoms with van der Waals surface area (Å²) in [7, 11) is -3.69. The molecule has 1 aliphatic heterocycles. The van der Waals surface area contributed by atoms with Crippen molar-refractivity contribution in [3.05, 3.63) is 53.1 Å². The Labute approximate surface area is 194 Å². The van der Waals surface area contributed by atoms with E-state index in [4.69, 9.17) is 10.00 Å². The predicted octanol–water partition coefficient (Wildman–Crippen LogP) is 2.89. The first-order chi connectivity index (χ1) is 16.1. The molecule has 3 rings (SSSR count). The minimum Gasteiger partial charge on any atom is -0.484 e. The van der Waals surface area contributed by atoms with Gasteiger partial charge in [-0.05, 0) is 24.3 Å². The Morgan fingerprint density at radius 1 is 1.09 bits per heavy atom. The van der Waals surface area contributed by atoms with Crippen molar-refractivity contribution in [1.29, 1.82) is 5.26 Å². The first kappa shape index (κ1) is 25.3. The van der Waals surface area contributed by atoms with E-state index in [1.54, 1.807) is 6.07 Å². The van der Waals surface area contributed by atoms with E-state index >= 15 is 0 Å². The number of benzene rings is 2. The molecule has 1 saturated heterocycles. The fraction of sp³-hybridized carbons (Fsp3) is 0.364. The van der Waals surface area contributed by atoms with Gasteiger partial charge in [0.15, 0.2) is 15.9 Å². The van der Waals surface area contributed by atoms with Gasteiger partial charge < -0.3 is 14.5 Å². The molecule has 1 aliphatic rings. The maximum atomic E-state index is 14.3. The van der Waals surface area contributed by atoms with E-state index < -0.39 is 52.4 Å². The van der Waals surface area contributed by atoms with Crippen LogP contribution in [0.3, 0.4) is 0 Å². The fourth-order valence-corrected chi connectivity index (χ4v) is 4.13. The van der Waals surface area contributed by atoms with Gasteiger partial charge in [0.1, 0.15) is 36.8 Å². The first-order valence-electron chi connectivity index (χ1n) is 10.1. The molecule has 2 aromatic rings. The Balaban J connectivity index is 1.84. The SMILES string of the molecule is CS(=O)(=O)c1ccc(OC(CF)CF)c(C(=O)N2CCN(c3cc(F)c(C#N)cc3F)CC2)c1. The zero-order valence-corrected chi connectivity index (χ0v) is 18.9. The second-order valence-electron chi connectivity index (χ2n) is 7.65. The molecule has 2 aromatic carbocycles. The predicted molar refractivity (Wildman–Crippen MR) is 115 cm³/mol. The third-order valence-corrected chi connectivity index (χ3v) is 6.42. The van der Waals surface area contributed by atoms with Crippen molar-refractivity contribution < 1.29 is 35.5 Å². The van der Waals surface area contributed by atoms with Gasteiger partial charge in [0, 0.05) is 38.5 Å². The highest BCUT2D eigenvalue weighted by Gasteiger charge is 2.28. The van der Waals surface area contributed by atoms with Crippen molar-refractivity contribution in [2.75, 3.05) is 50.7 Å². The molecule has 0 unspecified atom stereocenters. The molecule has 12 heteroatoms. The first-order valence-corrected chi connectivity index (χ1v) is 12.0. The number of carbonyl (C=O) groups excluding carboxylic acids is 1. The standard InChI is InChI=1S/C22H21F4N3O4S/c1-34(31,32)16-2-3-21(33-15(11-23)12-24)17(9-16)22(30)29-6-4-28(5-7-29)20-10-18(25)14(13-27)8-19(20)26/h2-3,8-10,15H,4-7,11-12H2,1H3. The van der Waals surface area contributed by atoms with Crippen LogP contribution in [0.15, 0.2) is 35.2 Å². The summed E-state index contributed by atoms with van der Waals surface area (Å²) < 4.78 is 83.4. The van der Waals surface area contributed by atoms with Crippen LogP contribution in [0.5, 0.6) is 5.75 Å². The van der Waals surface area contributed by atoms with Crippen LogP contribution in [-0.2, 0) is 9.84 Å². The molecule has 182 valence electrons. The highest BCUT2D eigenvalue weighted by atomic mass is 32.2. The van der Waals surface area contributed by atoms with Crippen LogP contribution in [0, 0.1) is 23.0 Å². The number of halogens is 4.